The molecule has 0 aliphatic carbocycles. The summed E-state index contributed by atoms with van der Waals surface area (Å²) in [6, 6.07) is 1.99. The fourth-order valence-electron chi connectivity index (χ4n) is 3.00. The Hall–Kier alpha value is -2.11. The lowest BCUT2D eigenvalue weighted by molar-refractivity contribution is 0.0703. The zero-order chi connectivity index (χ0) is 14.8. The number of aromatic nitrogens is 3. The Morgan fingerprint density at radius 2 is 2.43 bits per heavy atom. The molecule has 0 aromatic carbocycles. The number of hydrogen-bond donors (Lipinski definition) is 1. The standard InChI is InChI=1S/C15H20N4O2/c1-3-12-14(10(2)21-18-12)15(20)19-8-4-5-11(9-19)13-6-7-16-17-13/h6-7,11H,3-5,8-9H2,1-2H3,(H,16,17)/t11-/m0/s1. The van der Waals surface area contributed by atoms with Crippen molar-refractivity contribution in [3.63, 3.8) is 0 Å². The van der Waals surface area contributed by atoms with Crippen LogP contribution in [0, 0.1) is 6.92 Å². The molecule has 0 saturated carbocycles. The molecule has 1 aliphatic rings. The Kier molecular flexibility index (Phi) is 3.77. The molecule has 2 aromatic rings. The monoisotopic (exact) mass is 288 g/mol. The van der Waals surface area contributed by atoms with Crippen LogP contribution in [0.3, 0.4) is 0 Å². The van der Waals surface area contributed by atoms with Gasteiger partial charge >= 0.3 is 0 Å². The van der Waals surface area contributed by atoms with E-state index < -0.39 is 0 Å². The lowest BCUT2D eigenvalue weighted by Gasteiger charge is -2.32. The number of amides is 1. The third kappa shape index (κ3) is 2.57. The van der Waals surface area contributed by atoms with Gasteiger partial charge in [0.25, 0.3) is 5.91 Å². The van der Waals surface area contributed by atoms with Gasteiger partial charge in [0.1, 0.15) is 11.3 Å². The molecule has 6 heteroatoms. The van der Waals surface area contributed by atoms with Crippen LogP contribution in [-0.4, -0.2) is 39.3 Å². The Labute approximate surface area is 123 Å². The van der Waals surface area contributed by atoms with Crippen molar-refractivity contribution in [2.75, 3.05) is 13.1 Å². The molecule has 1 fully saturated rings. The normalized spacial score (nSPS) is 19.0. The maximum absolute atomic E-state index is 12.8. The summed E-state index contributed by atoms with van der Waals surface area (Å²) in [7, 11) is 0. The minimum Gasteiger partial charge on any atom is -0.361 e. The van der Waals surface area contributed by atoms with Crippen molar-refractivity contribution >= 4 is 5.91 Å². The molecule has 0 bridgehead atoms. The summed E-state index contributed by atoms with van der Waals surface area (Å²) in [6.45, 7) is 5.29. The van der Waals surface area contributed by atoms with Crippen LogP contribution in [0.4, 0.5) is 0 Å². The highest BCUT2D eigenvalue weighted by Crippen LogP contribution is 2.27. The average Bonchev–Trinajstić information content (AvgIpc) is 3.16. The maximum Gasteiger partial charge on any atom is 0.259 e. The number of carbonyl (C=O) groups excluding carboxylic acids is 1. The highest BCUT2D eigenvalue weighted by molar-refractivity contribution is 5.96. The number of H-pyrrole nitrogens is 1. The summed E-state index contributed by atoms with van der Waals surface area (Å²) in [6.07, 6.45) is 4.54. The molecule has 1 amide bonds. The largest absolute Gasteiger partial charge is 0.361 e. The van der Waals surface area contributed by atoms with Gasteiger partial charge in [-0.05, 0) is 32.3 Å². The summed E-state index contributed by atoms with van der Waals surface area (Å²) in [5, 5.41) is 11.0. The second kappa shape index (κ2) is 5.71. The third-order valence-electron chi connectivity index (χ3n) is 4.15. The minimum absolute atomic E-state index is 0.0369. The van der Waals surface area contributed by atoms with E-state index in [-0.39, 0.29) is 5.91 Å². The third-order valence-corrected chi connectivity index (χ3v) is 4.15. The molecule has 21 heavy (non-hydrogen) atoms. The highest BCUT2D eigenvalue weighted by Gasteiger charge is 2.29. The lowest BCUT2D eigenvalue weighted by atomic mass is 9.94. The number of likely N-dealkylation sites (tertiary alicyclic amines) is 1. The van der Waals surface area contributed by atoms with Crippen LogP contribution in [0.25, 0.3) is 0 Å². The summed E-state index contributed by atoms with van der Waals surface area (Å²) < 4.78 is 5.18. The number of rotatable bonds is 3. The predicted octanol–water partition coefficient (Wildman–Crippen LogP) is 2.29. The van der Waals surface area contributed by atoms with Gasteiger partial charge in [-0.15, -0.1) is 0 Å². The van der Waals surface area contributed by atoms with Crippen molar-refractivity contribution in [1.29, 1.82) is 0 Å². The van der Waals surface area contributed by atoms with E-state index in [4.69, 9.17) is 4.52 Å². The van der Waals surface area contributed by atoms with Gasteiger partial charge in [-0.1, -0.05) is 12.1 Å². The molecular weight excluding hydrogens is 268 g/mol. The smallest absolute Gasteiger partial charge is 0.259 e. The van der Waals surface area contributed by atoms with Crippen molar-refractivity contribution < 1.29 is 9.32 Å². The van der Waals surface area contributed by atoms with Gasteiger partial charge in [-0.2, -0.15) is 5.10 Å². The Balaban J connectivity index is 1.80. The summed E-state index contributed by atoms with van der Waals surface area (Å²) >= 11 is 0. The first-order valence-electron chi connectivity index (χ1n) is 7.44. The molecule has 112 valence electrons. The van der Waals surface area contributed by atoms with E-state index in [1.54, 1.807) is 13.1 Å². The maximum atomic E-state index is 12.8. The van der Waals surface area contributed by atoms with Crippen molar-refractivity contribution in [2.45, 2.75) is 39.0 Å². The molecule has 0 spiro atoms. The van der Waals surface area contributed by atoms with E-state index in [1.807, 2.05) is 17.9 Å². The van der Waals surface area contributed by atoms with Crippen molar-refractivity contribution in [1.82, 2.24) is 20.3 Å². The van der Waals surface area contributed by atoms with Gasteiger partial charge in [-0.25, -0.2) is 0 Å². The average molecular weight is 288 g/mol. The lowest BCUT2D eigenvalue weighted by Crippen LogP contribution is -2.39. The van der Waals surface area contributed by atoms with E-state index in [0.29, 0.717) is 23.7 Å². The van der Waals surface area contributed by atoms with Gasteiger partial charge < -0.3 is 9.42 Å². The quantitative estimate of drug-likeness (QED) is 0.940. The fraction of sp³-hybridized carbons (Fsp3) is 0.533. The number of piperidine rings is 1. The topological polar surface area (TPSA) is 75.0 Å². The Morgan fingerprint density at radius 1 is 1.57 bits per heavy atom. The van der Waals surface area contributed by atoms with Gasteiger partial charge in [-0.3, -0.25) is 9.89 Å². The molecule has 1 atom stereocenters. The van der Waals surface area contributed by atoms with Gasteiger partial charge in [0.15, 0.2) is 0 Å². The van der Waals surface area contributed by atoms with Crippen LogP contribution in [0.1, 0.15) is 53.2 Å². The number of hydrogen-bond acceptors (Lipinski definition) is 4. The first-order valence-corrected chi connectivity index (χ1v) is 7.44. The van der Waals surface area contributed by atoms with E-state index in [0.717, 1.165) is 37.3 Å². The number of nitrogens with zero attached hydrogens (tertiary/aromatic N) is 3. The molecule has 1 saturated heterocycles. The molecule has 6 nitrogen and oxygen atoms in total. The fourth-order valence-corrected chi connectivity index (χ4v) is 3.00. The summed E-state index contributed by atoms with van der Waals surface area (Å²) in [5.41, 5.74) is 2.49. The zero-order valence-electron chi connectivity index (χ0n) is 12.4. The van der Waals surface area contributed by atoms with E-state index in [9.17, 15) is 4.79 Å². The van der Waals surface area contributed by atoms with E-state index in [2.05, 4.69) is 15.4 Å². The number of carbonyl (C=O) groups is 1. The molecule has 0 radical (unpaired) electrons. The van der Waals surface area contributed by atoms with Crippen LogP contribution < -0.4 is 0 Å². The first kappa shape index (κ1) is 13.9. The summed E-state index contributed by atoms with van der Waals surface area (Å²) in [5.74, 6) is 0.978. The molecular formula is C15H20N4O2. The Morgan fingerprint density at radius 3 is 3.14 bits per heavy atom. The predicted molar refractivity (Wildman–Crippen MR) is 77.1 cm³/mol. The summed E-state index contributed by atoms with van der Waals surface area (Å²) in [4.78, 5) is 14.7. The minimum atomic E-state index is 0.0369. The van der Waals surface area contributed by atoms with Crippen LogP contribution in [0.15, 0.2) is 16.8 Å². The van der Waals surface area contributed by atoms with E-state index in [1.165, 1.54) is 0 Å². The van der Waals surface area contributed by atoms with Crippen molar-refractivity contribution in [2.24, 2.45) is 0 Å². The number of aromatic amines is 1. The Bertz CT molecular complexity index is 618. The second-order valence-corrected chi connectivity index (χ2v) is 5.52. The number of nitrogens with one attached hydrogen (secondary N) is 1. The molecule has 2 aromatic heterocycles. The SMILES string of the molecule is CCc1noc(C)c1C(=O)N1CCC[C@H](c2ccn[nH]2)C1. The number of aryl methyl sites for hydroxylation is 2. The van der Waals surface area contributed by atoms with Gasteiger partial charge in [0, 0.05) is 30.9 Å². The van der Waals surface area contributed by atoms with Gasteiger partial charge in [0.2, 0.25) is 0 Å². The second-order valence-electron chi connectivity index (χ2n) is 5.52. The first-order chi connectivity index (χ1) is 10.2. The molecule has 0 unspecified atom stereocenters. The van der Waals surface area contributed by atoms with Gasteiger partial charge in [0.05, 0.1) is 5.69 Å². The highest BCUT2D eigenvalue weighted by atomic mass is 16.5. The van der Waals surface area contributed by atoms with Crippen molar-refractivity contribution in [3.05, 3.63) is 35.0 Å². The van der Waals surface area contributed by atoms with Crippen molar-refractivity contribution in [3.8, 4) is 0 Å². The van der Waals surface area contributed by atoms with E-state index >= 15 is 0 Å². The molecule has 1 N–H and O–H groups in total. The van der Waals surface area contributed by atoms with Crippen LogP contribution >= 0.6 is 0 Å². The van der Waals surface area contributed by atoms with Crippen LogP contribution in [0.5, 0.6) is 0 Å². The molecule has 3 heterocycles. The molecule has 1 aliphatic heterocycles. The van der Waals surface area contributed by atoms with Crippen LogP contribution in [0.2, 0.25) is 0 Å². The molecule has 3 rings (SSSR count). The van der Waals surface area contributed by atoms with Crippen LogP contribution in [-0.2, 0) is 6.42 Å². The zero-order valence-corrected chi connectivity index (χ0v) is 12.4.